The van der Waals surface area contributed by atoms with Gasteiger partial charge in [-0.1, -0.05) is 12.1 Å². The zero-order valence-corrected chi connectivity index (χ0v) is 15.6. The molecule has 0 aliphatic carbocycles. The van der Waals surface area contributed by atoms with Gasteiger partial charge in [-0.25, -0.2) is 4.79 Å². The van der Waals surface area contributed by atoms with Crippen LogP contribution in [0.4, 0.5) is 31.1 Å². The number of nitriles is 1. The van der Waals surface area contributed by atoms with E-state index >= 15 is 0 Å². The predicted molar refractivity (Wildman–Crippen MR) is 90.4 cm³/mol. The van der Waals surface area contributed by atoms with Crippen molar-refractivity contribution in [2.45, 2.75) is 49.2 Å². The molecule has 2 fully saturated rings. The number of alkyl halides is 6. The Balaban J connectivity index is 1.58. The third-order valence-electron chi connectivity index (χ3n) is 5.47. The van der Waals surface area contributed by atoms with Crippen molar-refractivity contribution in [3.63, 3.8) is 0 Å². The van der Waals surface area contributed by atoms with E-state index in [1.54, 1.807) is 12.1 Å². The highest BCUT2D eigenvalue weighted by Gasteiger charge is 2.60. The number of ether oxygens (including phenoxy) is 2. The number of amides is 1. The van der Waals surface area contributed by atoms with Crippen molar-refractivity contribution in [3.8, 4) is 6.07 Å². The molecule has 30 heavy (non-hydrogen) atoms. The van der Waals surface area contributed by atoms with Gasteiger partial charge in [0.15, 0.2) is 0 Å². The van der Waals surface area contributed by atoms with Gasteiger partial charge in [0.05, 0.1) is 23.8 Å². The summed E-state index contributed by atoms with van der Waals surface area (Å²) in [7, 11) is 0. The molecule has 2 saturated heterocycles. The molecule has 11 heteroatoms. The highest BCUT2D eigenvalue weighted by atomic mass is 19.4. The molecule has 1 aromatic rings. The Bertz CT molecular complexity index is 794. The van der Waals surface area contributed by atoms with Crippen molar-refractivity contribution in [2.24, 2.45) is 0 Å². The number of benzene rings is 1. The van der Waals surface area contributed by atoms with Crippen molar-refractivity contribution in [1.29, 1.82) is 5.26 Å². The van der Waals surface area contributed by atoms with Gasteiger partial charge >= 0.3 is 18.4 Å². The lowest BCUT2D eigenvalue weighted by Crippen LogP contribution is -2.51. The van der Waals surface area contributed by atoms with Crippen molar-refractivity contribution >= 4 is 6.09 Å². The number of carbonyl (C=O) groups is 1. The first-order chi connectivity index (χ1) is 13.9. The Hall–Kier alpha value is -2.48. The van der Waals surface area contributed by atoms with E-state index in [2.05, 4.69) is 4.74 Å². The fraction of sp³-hybridized carbons (Fsp3) is 0.579. The SMILES string of the molecule is N#Cc1ccc(C2COC3(CCN(C(=O)OC(C(F)(F)F)C(F)(F)F)CC3)C2)cc1. The van der Waals surface area contributed by atoms with Gasteiger partial charge in [0.25, 0.3) is 6.10 Å². The zero-order valence-electron chi connectivity index (χ0n) is 15.6. The summed E-state index contributed by atoms with van der Waals surface area (Å²) in [5.41, 5.74) is 0.907. The number of rotatable bonds is 2. The molecular formula is C19H18F6N2O3. The van der Waals surface area contributed by atoms with E-state index in [-0.39, 0.29) is 31.8 Å². The smallest absolute Gasteiger partial charge is 0.426 e. The van der Waals surface area contributed by atoms with Gasteiger partial charge in [0, 0.05) is 19.0 Å². The van der Waals surface area contributed by atoms with E-state index in [1.165, 1.54) is 0 Å². The lowest BCUT2D eigenvalue weighted by Gasteiger charge is -2.38. The minimum absolute atomic E-state index is 0.0519. The second kappa shape index (κ2) is 7.98. The van der Waals surface area contributed by atoms with Crippen LogP contribution in [0, 0.1) is 11.3 Å². The van der Waals surface area contributed by atoms with Gasteiger partial charge in [0.1, 0.15) is 0 Å². The van der Waals surface area contributed by atoms with Crippen LogP contribution in [0.25, 0.3) is 0 Å². The summed E-state index contributed by atoms with van der Waals surface area (Å²) in [4.78, 5) is 12.7. The quantitative estimate of drug-likeness (QED) is 0.640. The molecule has 5 nitrogen and oxygen atoms in total. The molecule has 0 aromatic heterocycles. The fourth-order valence-corrected chi connectivity index (χ4v) is 3.83. The molecule has 0 N–H and O–H groups in total. The molecule has 1 spiro atoms. The topological polar surface area (TPSA) is 62.6 Å². The molecule has 1 aromatic carbocycles. The first kappa shape index (κ1) is 22.2. The summed E-state index contributed by atoms with van der Waals surface area (Å²) < 4.78 is 85.2. The van der Waals surface area contributed by atoms with Gasteiger partial charge in [-0.05, 0) is 37.0 Å². The van der Waals surface area contributed by atoms with Crippen LogP contribution in [-0.2, 0) is 9.47 Å². The molecule has 0 bridgehead atoms. The van der Waals surface area contributed by atoms with Crippen molar-refractivity contribution in [2.75, 3.05) is 19.7 Å². The fourth-order valence-electron chi connectivity index (χ4n) is 3.83. The largest absolute Gasteiger partial charge is 0.434 e. The van der Waals surface area contributed by atoms with Crippen molar-refractivity contribution in [3.05, 3.63) is 35.4 Å². The van der Waals surface area contributed by atoms with E-state index in [0.717, 1.165) is 10.5 Å². The van der Waals surface area contributed by atoms with Crippen LogP contribution < -0.4 is 0 Å². The lowest BCUT2D eigenvalue weighted by molar-refractivity contribution is -0.308. The summed E-state index contributed by atoms with van der Waals surface area (Å²) in [5, 5.41) is 8.86. The number of carbonyl (C=O) groups excluding carboxylic acids is 1. The third kappa shape index (κ3) is 4.80. The van der Waals surface area contributed by atoms with Crippen LogP contribution in [-0.4, -0.2) is 54.7 Å². The summed E-state index contributed by atoms with van der Waals surface area (Å²) in [6, 6.07) is 9.06. The van der Waals surface area contributed by atoms with E-state index in [1.807, 2.05) is 18.2 Å². The molecule has 0 radical (unpaired) electrons. The molecule has 0 saturated carbocycles. The minimum atomic E-state index is -5.74. The summed E-state index contributed by atoms with van der Waals surface area (Å²) in [5.74, 6) is 0.0519. The second-order valence-electron chi connectivity index (χ2n) is 7.46. The van der Waals surface area contributed by atoms with Gasteiger partial charge in [-0.3, -0.25) is 0 Å². The van der Waals surface area contributed by atoms with Crippen LogP contribution >= 0.6 is 0 Å². The number of hydrogen-bond donors (Lipinski definition) is 0. The maximum Gasteiger partial charge on any atom is 0.434 e. The Kier molecular flexibility index (Phi) is 5.91. The molecule has 2 heterocycles. The van der Waals surface area contributed by atoms with Crippen LogP contribution in [0.15, 0.2) is 24.3 Å². The first-order valence-electron chi connectivity index (χ1n) is 9.16. The predicted octanol–water partition coefficient (Wildman–Crippen LogP) is 4.53. The van der Waals surface area contributed by atoms with Crippen LogP contribution in [0.2, 0.25) is 0 Å². The second-order valence-corrected chi connectivity index (χ2v) is 7.46. The van der Waals surface area contributed by atoms with Gasteiger partial charge in [0.2, 0.25) is 0 Å². The van der Waals surface area contributed by atoms with E-state index in [9.17, 15) is 31.1 Å². The Morgan fingerprint density at radius 3 is 2.20 bits per heavy atom. The molecule has 164 valence electrons. The van der Waals surface area contributed by atoms with Gasteiger partial charge in [-0.15, -0.1) is 0 Å². The number of halogens is 6. The van der Waals surface area contributed by atoms with E-state index in [4.69, 9.17) is 10.00 Å². The number of likely N-dealkylation sites (tertiary alicyclic amines) is 1. The average Bonchev–Trinajstić information content (AvgIpc) is 3.08. The Labute approximate surface area is 168 Å². The van der Waals surface area contributed by atoms with E-state index in [0.29, 0.717) is 18.6 Å². The molecule has 1 atom stereocenters. The third-order valence-corrected chi connectivity index (χ3v) is 5.47. The summed E-state index contributed by atoms with van der Waals surface area (Å²) in [6.07, 6.45) is -16.1. The van der Waals surface area contributed by atoms with Crippen LogP contribution in [0.5, 0.6) is 0 Å². The Morgan fingerprint density at radius 2 is 1.70 bits per heavy atom. The first-order valence-corrected chi connectivity index (χ1v) is 9.16. The standard InChI is InChI=1S/C19H18F6N2O3/c20-18(21,22)15(19(23,24)25)30-16(28)27-7-5-17(6-8-27)9-14(11-29-17)13-3-1-12(10-26)2-4-13/h1-4,14-15H,5-9,11H2. The Morgan fingerprint density at radius 1 is 1.13 bits per heavy atom. The molecular weight excluding hydrogens is 418 g/mol. The molecule has 3 rings (SSSR count). The lowest BCUT2D eigenvalue weighted by atomic mass is 9.83. The number of nitrogens with zero attached hydrogens (tertiary/aromatic N) is 2. The molecule has 1 unspecified atom stereocenters. The highest BCUT2D eigenvalue weighted by Crippen LogP contribution is 2.43. The normalized spacial score (nSPS) is 21.7. The van der Waals surface area contributed by atoms with E-state index < -0.39 is 30.2 Å². The maximum atomic E-state index is 12.6. The van der Waals surface area contributed by atoms with Gasteiger partial charge in [-0.2, -0.15) is 31.6 Å². The highest BCUT2D eigenvalue weighted by molar-refractivity contribution is 5.68. The molecule has 2 aliphatic rings. The molecule has 1 amide bonds. The monoisotopic (exact) mass is 436 g/mol. The number of hydrogen-bond acceptors (Lipinski definition) is 4. The average molecular weight is 436 g/mol. The molecule has 2 aliphatic heterocycles. The van der Waals surface area contributed by atoms with Crippen molar-refractivity contribution in [1.82, 2.24) is 4.90 Å². The maximum absolute atomic E-state index is 12.6. The zero-order chi connectivity index (χ0) is 22.2. The van der Waals surface area contributed by atoms with Crippen LogP contribution in [0.1, 0.15) is 36.3 Å². The van der Waals surface area contributed by atoms with Crippen LogP contribution in [0.3, 0.4) is 0 Å². The summed E-state index contributed by atoms with van der Waals surface area (Å²) in [6.45, 7) is 0.267. The van der Waals surface area contributed by atoms with Crippen molar-refractivity contribution < 1.29 is 40.6 Å². The minimum Gasteiger partial charge on any atom is -0.426 e. The van der Waals surface area contributed by atoms with Gasteiger partial charge < -0.3 is 14.4 Å². The number of piperidine rings is 1. The summed E-state index contributed by atoms with van der Waals surface area (Å²) >= 11 is 0.